The van der Waals surface area contributed by atoms with Crippen LogP contribution >= 0.6 is 8.25 Å². The van der Waals surface area contributed by atoms with Crippen LogP contribution in [0.25, 0.3) is 0 Å². The molecule has 0 unspecified atom stereocenters. The Morgan fingerprint density at radius 2 is 1.19 bits per heavy atom. The summed E-state index contributed by atoms with van der Waals surface area (Å²) in [5.74, 6) is 0.875. The maximum absolute atomic E-state index is 8.70. The van der Waals surface area contributed by atoms with E-state index in [1.165, 1.54) is 0 Å². The Morgan fingerprint density at radius 1 is 0.806 bits per heavy atom. The van der Waals surface area contributed by atoms with Crippen molar-refractivity contribution >= 4 is 8.25 Å². The lowest BCUT2D eigenvalue weighted by atomic mass is 9.77. The fourth-order valence-electron chi connectivity index (χ4n) is 4.91. The van der Waals surface area contributed by atoms with Crippen LogP contribution in [-0.2, 0) is 15.5 Å². The molecule has 188 valence electrons. The van der Waals surface area contributed by atoms with Crippen molar-refractivity contribution in [3.05, 3.63) is 120 Å². The van der Waals surface area contributed by atoms with E-state index in [-0.39, 0.29) is 5.41 Å². The van der Waals surface area contributed by atoms with Crippen molar-refractivity contribution in [3.63, 3.8) is 0 Å². The molecule has 36 heavy (non-hydrogen) atoms. The number of aromatic nitrogens is 3. The average molecular weight is 506 g/mol. The molecule has 0 fully saturated rings. The first-order valence-corrected chi connectivity index (χ1v) is 13.3. The van der Waals surface area contributed by atoms with E-state index >= 15 is 0 Å². The van der Waals surface area contributed by atoms with E-state index in [1.54, 1.807) is 0 Å². The van der Waals surface area contributed by atoms with Gasteiger partial charge in [0.1, 0.15) is 11.9 Å². The van der Waals surface area contributed by atoms with Crippen molar-refractivity contribution < 1.29 is 14.4 Å². The van der Waals surface area contributed by atoms with Crippen molar-refractivity contribution in [2.75, 3.05) is 6.54 Å². The minimum Gasteiger partial charge on any atom is -0.330 e. The smallest absolute Gasteiger partial charge is 0.330 e. The zero-order chi connectivity index (χ0) is 26.0. The van der Waals surface area contributed by atoms with Crippen LogP contribution in [0, 0.1) is 0 Å². The third-order valence-corrected chi connectivity index (χ3v) is 6.86. The van der Waals surface area contributed by atoms with Crippen LogP contribution in [0.1, 0.15) is 55.6 Å². The van der Waals surface area contributed by atoms with E-state index < -0.39 is 13.8 Å². The van der Waals surface area contributed by atoms with Gasteiger partial charge in [0, 0.05) is 9.98 Å². The highest BCUT2D eigenvalue weighted by Gasteiger charge is 2.41. The molecule has 3 aromatic carbocycles. The maximum Gasteiger partial charge on any atom is 0.692 e. The van der Waals surface area contributed by atoms with Gasteiger partial charge >= 0.3 is 8.25 Å². The van der Waals surface area contributed by atoms with Gasteiger partial charge in [0.25, 0.3) is 0 Å². The molecular formula is C28H34N4O3P+. The second-order valence-electron chi connectivity index (χ2n) is 8.60. The van der Waals surface area contributed by atoms with Crippen LogP contribution in [0.4, 0.5) is 0 Å². The number of hydrogen-bond acceptors (Lipinski definition) is 4. The van der Waals surface area contributed by atoms with Crippen molar-refractivity contribution in [1.29, 1.82) is 0 Å². The molecule has 0 aliphatic rings. The summed E-state index contributed by atoms with van der Waals surface area (Å²) in [4.78, 5) is 19.1. The molecule has 0 bridgehead atoms. The molecule has 4 rings (SSSR count). The molecule has 0 atom stereocenters. The zero-order valence-electron chi connectivity index (χ0n) is 20.7. The van der Waals surface area contributed by atoms with Gasteiger partial charge in [0.05, 0.1) is 0 Å². The van der Waals surface area contributed by atoms with E-state index in [0.717, 1.165) is 41.8 Å². The van der Waals surface area contributed by atoms with Gasteiger partial charge in [-0.3, -0.25) is 0 Å². The molecule has 1 heterocycles. The molecule has 0 radical (unpaired) electrons. The van der Waals surface area contributed by atoms with E-state index in [0.29, 0.717) is 6.54 Å². The molecule has 0 saturated heterocycles. The number of nitrogens with two attached hydrogens (primary N) is 1. The van der Waals surface area contributed by atoms with E-state index in [9.17, 15) is 0 Å². The highest BCUT2D eigenvalue weighted by molar-refractivity contribution is 7.30. The fourth-order valence-corrected chi connectivity index (χ4v) is 4.91. The standard InChI is InChI=1S/C28H32N4.HO3P/c1-3-27(4-2,20-21-29)26-30-22-32(31-26)28(23-14-8-5-9-15-23,24-16-10-6-11-17-24)25-18-12-7-13-19-25;1-4(2)3/h5-19,22H,3-4,20-21,29H2,1-2H3;(H-,1,2,3)/p+1. The molecule has 0 saturated carbocycles. The molecule has 7 nitrogen and oxygen atoms in total. The SMILES string of the molecule is CCC(CC)(CCN)c1ncn(C(c2ccccc2)(c2ccccc2)c2ccccc2)n1.O=[P+](O)O. The zero-order valence-corrected chi connectivity index (χ0v) is 21.6. The van der Waals surface area contributed by atoms with E-state index in [2.05, 4.69) is 110 Å². The summed E-state index contributed by atoms with van der Waals surface area (Å²) in [5.41, 5.74) is 8.69. The lowest BCUT2D eigenvalue weighted by molar-refractivity contribution is 0.341. The first-order valence-electron chi connectivity index (χ1n) is 12.1. The molecule has 0 aliphatic carbocycles. The summed E-state index contributed by atoms with van der Waals surface area (Å²) in [7, 11) is -2.87. The molecule has 1 aromatic heterocycles. The average Bonchev–Trinajstić information content (AvgIpc) is 3.40. The molecule has 8 heteroatoms. The summed E-state index contributed by atoms with van der Waals surface area (Å²) >= 11 is 0. The number of nitrogens with zero attached hydrogens (tertiary/aromatic N) is 3. The molecule has 0 spiro atoms. The number of rotatable bonds is 9. The van der Waals surface area contributed by atoms with Crippen LogP contribution in [0.15, 0.2) is 97.3 Å². The van der Waals surface area contributed by atoms with Gasteiger partial charge in [-0.25, -0.2) is 9.67 Å². The summed E-state index contributed by atoms with van der Waals surface area (Å²) < 4.78 is 10.8. The Kier molecular flexibility index (Phi) is 9.62. The predicted octanol–water partition coefficient (Wildman–Crippen LogP) is 5.15. The Hall–Kier alpha value is -3.22. The van der Waals surface area contributed by atoms with Crippen LogP contribution < -0.4 is 5.73 Å². The van der Waals surface area contributed by atoms with Gasteiger partial charge < -0.3 is 5.73 Å². The lowest BCUT2D eigenvalue weighted by Crippen LogP contribution is -2.39. The summed E-state index contributed by atoms with van der Waals surface area (Å²) in [6.07, 6.45) is 4.69. The summed E-state index contributed by atoms with van der Waals surface area (Å²) in [6.45, 7) is 5.04. The fraction of sp³-hybridized carbons (Fsp3) is 0.286. The minimum absolute atomic E-state index is 0.115. The van der Waals surface area contributed by atoms with Crippen molar-refractivity contribution in [3.8, 4) is 0 Å². The third kappa shape index (κ3) is 5.61. The maximum atomic E-state index is 8.70. The second-order valence-corrected chi connectivity index (χ2v) is 9.11. The van der Waals surface area contributed by atoms with Crippen molar-refractivity contribution in [2.45, 2.75) is 44.1 Å². The van der Waals surface area contributed by atoms with Crippen molar-refractivity contribution in [1.82, 2.24) is 14.8 Å². The first kappa shape index (κ1) is 27.4. The third-order valence-electron chi connectivity index (χ3n) is 6.86. The van der Waals surface area contributed by atoms with Gasteiger partial charge in [-0.05, 0) is 42.5 Å². The number of hydrogen-bond donors (Lipinski definition) is 3. The van der Waals surface area contributed by atoms with Crippen molar-refractivity contribution in [2.24, 2.45) is 5.73 Å². The van der Waals surface area contributed by atoms with Crippen LogP contribution in [0.3, 0.4) is 0 Å². The van der Waals surface area contributed by atoms with Gasteiger partial charge in [-0.15, -0.1) is 9.79 Å². The van der Waals surface area contributed by atoms with Crippen LogP contribution in [-0.4, -0.2) is 31.1 Å². The summed E-state index contributed by atoms with van der Waals surface area (Å²) in [5, 5.41) is 5.19. The van der Waals surface area contributed by atoms with E-state index in [4.69, 9.17) is 30.2 Å². The summed E-state index contributed by atoms with van der Waals surface area (Å²) in [6, 6.07) is 31.7. The monoisotopic (exact) mass is 505 g/mol. The van der Waals surface area contributed by atoms with Gasteiger partial charge in [-0.2, -0.15) is 5.10 Å². The largest absolute Gasteiger partial charge is 0.692 e. The molecular weight excluding hydrogens is 471 g/mol. The molecule has 4 N–H and O–H groups in total. The molecule has 4 aromatic rings. The van der Waals surface area contributed by atoms with E-state index in [1.807, 2.05) is 6.33 Å². The van der Waals surface area contributed by atoms with Gasteiger partial charge in [0.15, 0.2) is 5.82 Å². The Labute approximate surface area is 213 Å². The van der Waals surface area contributed by atoms with Gasteiger partial charge in [-0.1, -0.05) is 105 Å². The van der Waals surface area contributed by atoms with Crippen LogP contribution in [0.5, 0.6) is 0 Å². The highest BCUT2D eigenvalue weighted by atomic mass is 31.1. The normalized spacial score (nSPS) is 11.5. The Morgan fingerprint density at radius 3 is 1.53 bits per heavy atom. The molecule has 0 amide bonds. The van der Waals surface area contributed by atoms with Crippen LogP contribution in [0.2, 0.25) is 0 Å². The first-order chi connectivity index (χ1) is 17.4. The minimum atomic E-state index is -2.87. The molecule has 0 aliphatic heterocycles. The quantitative estimate of drug-likeness (QED) is 0.214. The topological polar surface area (TPSA) is 114 Å². The number of benzene rings is 3. The van der Waals surface area contributed by atoms with Gasteiger partial charge in [0.2, 0.25) is 0 Å². The predicted molar refractivity (Wildman–Crippen MR) is 143 cm³/mol. The highest BCUT2D eigenvalue weighted by Crippen LogP contribution is 2.41. The lowest BCUT2D eigenvalue weighted by Gasteiger charge is -2.36. The Bertz CT molecular complexity index is 1110. The Balaban J connectivity index is 0.000000840. The second kappa shape index (κ2) is 12.7.